The number of rotatable bonds is 7. The van der Waals surface area contributed by atoms with E-state index >= 15 is 0 Å². The number of carboxylic acid groups (broad SMARTS) is 1. The molecule has 0 heterocycles. The van der Waals surface area contributed by atoms with Crippen LogP contribution in [0, 0.1) is 11.8 Å². The van der Waals surface area contributed by atoms with Gasteiger partial charge in [-0.2, -0.15) is 0 Å². The lowest BCUT2D eigenvalue weighted by molar-refractivity contribution is -0.144. The van der Waals surface area contributed by atoms with Crippen LogP contribution in [-0.4, -0.2) is 35.0 Å². The van der Waals surface area contributed by atoms with Gasteiger partial charge < -0.3 is 15.7 Å². The lowest BCUT2D eigenvalue weighted by atomic mass is 9.97. The maximum Gasteiger partial charge on any atom is 0.326 e. The normalized spacial score (nSPS) is 15.5. The van der Waals surface area contributed by atoms with Crippen molar-refractivity contribution in [2.45, 2.75) is 53.1 Å². The highest BCUT2D eigenvalue weighted by atomic mass is 16.4. The SMILES string of the molecule is CC[C@@H](C)[C@@H](NC(=O)[C@H](NC(C)=O)C(C)C)C(=O)O. The molecule has 0 radical (unpaired) electrons. The van der Waals surface area contributed by atoms with E-state index in [1.165, 1.54) is 6.92 Å². The van der Waals surface area contributed by atoms with Crippen LogP contribution >= 0.6 is 0 Å². The van der Waals surface area contributed by atoms with Crippen molar-refractivity contribution >= 4 is 17.8 Å². The van der Waals surface area contributed by atoms with Crippen molar-refractivity contribution in [3.63, 3.8) is 0 Å². The second kappa shape index (κ2) is 7.76. The second-order valence-electron chi connectivity index (χ2n) is 5.13. The van der Waals surface area contributed by atoms with Crippen LogP contribution in [0.4, 0.5) is 0 Å². The summed E-state index contributed by atoms with van der Waals surface area (Å²) in [4.78, 5) is 34.3. The Labute approximate surface area is 113 Å². The first-order valence-corrected chi connectivity index (χ1v) is 6.50. The maximum absolute atomic E-state index is 12.1. The molecule has 0 spiro atoms. The van der Waals surface area contributed by atoms with Gasteiger partial charge in [-0.15, -0.1) is 0 Å². The van der Waals surface area contributed by atoms with Crippen molar-refractivity contribution in [2.75, 3.05) is 0 Å². The molecule has 0 aliphatic rings. The van der Waals surface area contributed by atoms with Gasteiger partial charge in [0.2, 0.25) is 11.8 Å². The average molecular weight is 272 g/mol. The summed E-state index contributed by atoms with van der Waals surface area (Å²) in [5.41, 5.74) is 0. The first-order chi connectivity index (χ1) is 8.70. The molecule has 0 aliphatic heterocycles. The maximum atomic E-state index is 12.1. The Morgan fingerprint density at radius 1 is 1.05 bits per heavy atom. The van der Waals surface area contributed by atoms with Gasteiger partial charge in [0.15, 0.2) is 0 Å². The Morgan fingerprint density at radius 2 is 1.58 bits per heavy atom. The van der Waals surface area contributed by atoms with Gasteiger partial charge >= 0.3 is 5.97 Å². The summed E-state index contributed by atoms with van der Waals surface area (Å²) in [7, 11) is 0. The molecule has 6 heteroatoms. The smallest absolute Gasteiger partial charge is 0.326 e. The van der Waals surface area contributed by atoms with Crippen LogP contribution in [-0.2, 0) is 14.4 Å². The molecule has 0 bridgehead atoms. The third kappa shape index (κ3) is 5.72. The van der Waals surface area contributed by atoms with Gasteiger partial charge in [-0.3, -0.25) is 9.59 Å². The van der Waals surface area contributed by atoms with E-state index in [4.69, 9.17) is 5.11 Å². The monoisotopic (exact) mass is 272 g/mol. The van der Waals surface area contributed by atoms with Crippen LogP contribution in [0.3, 0.4) is 0 Å². The Kier molecular flexibility index (Phi) is 7.11. The van der Waals surface area contributed by atoms with Crippen LogP contribution in [0.5, 0.6) is 0 Å². The number of carboxylic acids is 1. The summed E-state index contributed by atoms with van der Waals surface area (Å²) in [6.45, 7) is 8.53. The molecule has 0 fully saturated rings. The number of nitrogens with one attached hydrogen (secondary N) is 2. The predicted octanol–water partition coefficient (Wildman–Crippen LogP) is 0.763. The van der Waals surface area contributed by atoms with E-state index in [9.17, 15) is 14.4 Å². The Hall–Kier alpha value is -1.59. The first kappa shape index (κ1) is 17.4. The zero-order chi connectivity index (χ0) is 15.2. The van der Waals surface area contributed by atoms with E-state index in [1.54, 1.807) is 20.8 Å². The molecular weight excluding hydrogens is 248 g/mol. The fraction of sp³-hybridized carbons (Fsp3) is 0.769. The molecule has 0 unspecified atom stereocenters. The third-order valence-corrected chi connectivity index (χ3v) is 3.08. The fourth-order valence-corrected chi connectivity index (χ4v) is 1.68. The molecule has 0 rings (SSSR count). The summed E-state index contributed by atoms with van der Waals surface area (Å²) in [6, 6.07) is -1.66. The molecule has 2 amide bonds. The molecule has 3 atom stereocenters. The van der Waals surface area contributed by atoms with Crippen LogP contribution < -0.4 is 10.6 Å². The van der Waals surface area contributed by atoms with Crippen LogP contribution in [0.15, 0.2) is 0 Å². The molecule has 0 saturated heterocycles. The number of hydrogen-bond donors (Lipinski definition) is 3. The molecule has 6 nitrogen and oxygen atoms in total. The highest BCUT2D eigenvalue weighted by Gasteiger charge is 2.30. The molecular formula is C13H24N2O4. The average Bonchev–Trinajstić information content (AvgIpc) is 2.30. The van der Waals surface area contributed by atoms with Gasteiger partial charge in [0.05, 0.1) is 0 Å². The molecule has 0 aliphatic carbocycles. The van der Waals surface area contributed by atoms with Gasteiger partial charge in [-0.05, 0) is 11.8 Å². The molecule has 3 N–H and O–H groups in total. The molecule has 0 saturated carbocycles. The minimum absolute atomic E-state index is 0.115. The first-order valence-electron chi connectivity index (χ1n) is 6.50. The van der Waals surface area contributed by atoms with Crippen molar-refractivity contribution in [3.05, 3.63) is 0 Å². The summed E-state index contributed by atoms with van der Waals surface area (Å²) in [5.74, 6) is -2.13. The predicted molar refractivity (Wildman–Crippen MR) is 71.5 cm³/mol. The summed E-state index contributed by atoms with van der Waals surface area (Å²) < 4.78 is 0. The summed E-state index contributed by atoms with van der Waals surface area (Å²) in [5, 5.41) is 14.2. The minimum Gasteiger partial charge on any atom is -0.480 e. The van der Waals surface area contributed by atoms with Crippen LogP contribution in [0.1, 0.15) is 41.0 Å². The van der Waals surface area contributed by atoms with Gasteiger partial charge in [0.25, 0.3) is 0 Å². The summed E-state index contributed by atoms with van der Waals surface area (Å²) in [6.07, 6.45) is 0.643. The van der Waals surface area contributed by atoms with E-state index < -0.39 is 24.0 Å². The lowest BCUT2D eigenvalue weighted by Gasteiger charge is -2.25. The Morgan fingerprint density at radius 3 is 1.89 bits per heavy atom. The van der Waals surface area contributed by atoms with E-state index in [0.717, 1.165) is 0 Å². The fourth-order valence-electron chi connectivity index (χ4n) is 1.68. The third-order valence-electron chi connectivity index (χ3n) is 3.08. The van der Waals surface area contributed by atoms with E-state index in [2.05, 4.69) is 10.6 Å². The number of carbonyl (C=O) groups excluding carboxylic acids is 2. The van der Waals surface area contributed by atoms with Crippen molar-refractivity contribution in [1.29, 1.82) is 0 Å². The van der Waals surface area contributed by atoms with Crippen molar-refractivity contribution in [2.24, 2.45) is 11.8 Å². The van der Waals surface area contributed by atoms with Crippen molar-refractivity contribution < 1.29 is 19.5 Å². The van der Waals surface area contributed by atoms with Gasteiger partial charge in [0.1, 0.15) is 12.1 Å². The molecule has 0 aromatic rings. The standard InChI is InChI=1S/C13H24N2O4/c1-6-8(4)11(13(18)19)15-12(17)10(7(2)3)14-9(5)16/h7-8,10-11H,6H2,1-5H3,(H,14,16)(H,15,17)(H,18,19)/t8-,10-,11-/m1/s1. The zero-order valence-electron chi connectivity index (χ0n) is 12.2. The number of aliphatic carboxylic acids is 1. The Balaban J connectivity index is 4.85. The zero-order valence-corrected chi connectivity index (χ0v) is 12.2. The Bertz CT molecular complexity index is 342. The number of hydrogen-bond acceptors (Lipinski definition) is 3. The van der Waals surface area contributed by atoms with Gasteiger partial charge in [-0.1, -0.05) is 34.1 Å². The van der Waals surface area contributed by atoms with Crippen LogP contribution in [0.2, 0.25) is 0 Å². The number of amides is 2. The quantitative estimate of drug-likeness (QED) is 0.637. The lowest BCUT2D eigenvalue weighted by Crippen LogP contribution is -2.54. The molecule has 0 aromatic carbocycles. The topological polar surface area (TPSA) is 95.5 Å². The van der Waals surface area contributed by atoms with Crippen LogP contribution in [0.25, 0.3) is 0 Å². The molecule has 0 aromatic heterocycles. The van der Waals surface area contributed by atoms with Gasteiger partial charge in [-0.25, -0.2) is 4.79 Å². The van der Waals surface area contributed by atoms with Crippen molar-refractivity contribution in [1.82, 2.24) is 10.6 Å². The van der Waals surface area contributed by atoms with E-state index in [-0.39, 0.29) is 17.7 Å². The molecule has 110 valence electrons. The largest absolute Gasteiger partial charge is 0.480 e. The second-order valence-corrected chi connectivity index (χ2v) is 5.13. The van der Waals surface area contributed by atoms with E-state index in [1.807, 2.05) is 6.92 Å². The van der Waals surface area contributed by atoms with E-state index in [0.29, 0.717) is 6.42 Å². The van der Waals surface area contributed by atoms with Crippen molar-refractivity contribution in [3.8, 4) is 0 Å². The highest BCUT2D eigenvalue weighted by Crippen LogP contribution is 2.10. The van der Waals surface area contributed by atoms with Gasteiger partial charge in [0, 0.05) is 6.92 Å². The number of carbonyl (C=O) groups is 3. The summed E-state index contributed by atoms with van der Waals surface area (Å²) >= 11 is 0. The highest BCUT2D eigenvalue weighted by molar-refractivity contribution is 5.90. The minimum atomic E-state index is -1.06. The molecule has 19 heavy (non-hydrogen) atoms.